The third-order valence-corrected chi connectivity index (χ3v) is 6.98. The molecule has 2 aromatic carbocycles. The Morgan fingerprint density at radius 2 is 2.00 bits per heavy atom. The maximum atomic E-state index is 13.4. The number of benzene rings is 2. The van der Waals surface area contributed by atoms with Crippen LogP contribution in [-0.4, -0.2) is 39.4 Å². The molecule has 2 aliphatic rings. The molecule has 7 nitrogen and oxygen atoms in total. The number of ketones is 1. The smallest absolute Gasteiger partial charge is 0.295 e. The molecule has 38 heavy (non-hydrogen) atoms. The van der Waals surface area contributed by atoms with E-state index < -0.39 is 17.7 Å². The average molecular weight is 513 g/mol. The van der Waals surface area contributed by atoms with E-state index in [-0.39, 0.29) is 24.0 Å². The van der Waals surface area contributed by atoms with Gasteiger partial charge in [-0.2, -0.15) is 0 Å². The SMILES string of the molecule is CCCCCOc1cccc([C@@H]2C(=C(O)c3ccc4c(c3)C[C@@H](C)O4)C(=O)C(=O)N2Cc2cccnc2)c1. The van der Waals surface area contributed by atoms with Gasteiger partial charge < -0.3 is 19.5 Å². The number of aliphatic hydroxyl groups is 1. The molecule has 1 aromatic heterocycles. The molecule has 2 aliphatic heterocycles. The third-order valence-electron chi connectivity index (χ3n) is 6.98. The summed E-state index contributed by atoms with van der Waals surface area (Å²) in [6.45, 7) is 4.89. The minimum absolute atomic E-state index is 0.0486. The number of carbonyl (C=O) groups excluding carboxylic acids is 2. The number of hydrogen-bond donors (Lipinski definition) is 1. The lowest BCUT2D eigenvalue weighted by Gasteiger charge is -2.25. The van der Waals surface area contributed by atoms with Crippen LogP contribution < -0.4 is 9.47 Å². The fourth-order valence-corrected chi connectivity index (χ4v) is 5.12. The van der Waals surface area contributed by atoms with Crippen LogP contribution in [0.4, 0.5) is 0 Å². The van der Waals surface area contributed by atoms with Crippen molar-refractivity contribution in [3.63, 3.8) is 0 Å². The molecule has 5 rings (SSSR count). The number of aromatic nitrogens is 1. The molecule has 7 heteroatoms. The summed E-state index contributed by atoms with van der Waals surface area (Å²) in [4.78, 5) is 32.5. The molecule has 3 heterocycles. The molecule has 0 spiro atoms. The van der Waals surface area contributed by atoms with Crippen molar-refractivity contribution in [1.29, 1.82) is 0 Å². The third kappa shape index (κ3) is 5.14. The molecule has 0 unspecified atom stereocenters. The number of hydrogen-bond acceptors (Lipinski definition) is 6. The Balaban J connectivity index is 1.56. The summed E-state index contributed by atoms with van der Waals surface area (Å²) < 4.78 is 11.8. The van der Waals surface area contributed by atoms with E-state index in [0.29, 0.717) is 29.9 Å². The van der Waals surface area contributed by atoms with Crippen LogP contribution in [0.25, 0.3) is 5.76 Å². The zero-order chi connectivity index (χ0) is 26.6. The second-order valence-electron chi connectivity index (χ2n) is 9.87. The first-order chi connectivity index (χ1) is 18.5. The van der Waals surface area contributed by atoms with E-state index in [9.17, 15) is 14.7 Å². The van der Waals surface area contributed by atoms with Crippen molar-refractivity contribution in [2.24, 2.45) is 0 Å². The van der Waals surface area contributed by atoms with Crippen molar-refractivity contribution in [3.05, 3.63) is 94.8 Å². The Morgan fingerprint density at radius 1 is 1.13 bits per heavy atom. The van der Waals surface area contributed by atoms with E-state index in [1.165, 1.54) is 4.90 Å². The van der Waals surface area contributed by atoms with Gasteiger partial charge in [-0.15, -0.1) is 0 Å². The minimum atomic E-state index is -0.780. The van der Waals surface area contributed by atoms with Crippen molar-refractivity contribution in [1.82, 2.24) is 9.88 Å². The number of unbranched alkanes of at least 4 members (excludes halogenated alkanes) is 2. The molecular formula is C31H32N2O5. The monoisotopic (exact) mass is 512 g/mol. The number of aliphatic hydroxyl groups excluding tert-OH is 1. The van der Waals surface area contributed by atoms with Gasteiger partial charge in [-0.3, -0.25) is 14.6 Å². The highest BCUT2D eigenvalue weighted by atomic mass is 16.5. The molecule has 1 fully saturated rings. The second kappa shape index (κ2) is 11.1. The lowest BCUT2D eigenvalue weighted by molar-refractivity contribution is -0.140. The van der Waals surface area contributed by atoms with Crippen LogP contribution in [-0.2, 0) is 22.6 Å². The van der Waals surface area contributed by atoms with Gasteiger partial charge >= 0.3 is 0 Å². The van der Waals surface area contributed by atoms with E-state index >= 15 is 0 Å². The standard InChI is InChI=1S/C31H32N2O5/c1-3-4-5-14-37-25-10-6-9-22(17-25)28-27(29(34)23-11-12-26-24(16-23)15-20(2)38-26)30(35)31(36)33(28)19-21-8-7-13-32-18-21/h6-13,16-18,20,28,34H,3-5,14-15,19H2,1-2H3/t20-,28-/m1/s1. The number of fused-ring (bicyclic) bond motifs is 1. The van der Waals surface area contributed by atoms with Crippen LogP contribution in [0.1, 0.15) is 61.4 Å². The van der Waals surface area contributed by atoms with Gasteiger partial charge in [0.05, 0.1) is 18.2 Å². The lowest BCUT2D eigenvalue weighted by atomic mass is 9.94. The zero-order valence-corrected chi connectivity index (χ0v) is 21.7. The van der Waals surface area contributed by atoms with Crippen LogP contribution in [0.15, 0.2) is 72.6 Å². The van der Waals surface area contributed by atoms with Crippen molar-refractivity contribution in [2.45, 2.75) is 58.2 Å². The number of ether oxygens (including phenoxy) is 2. The average Bonchev–Trinajstić information content (AvgIpc) is 3.42. The van der Waals surface area contributed by atoms with Gasteiger partial charge in [0.2, 0.25) is 0 Å². The Bertz CT molecular complexity index is 1370. The predicted molar refractivity (Wildman–Crippen MR) is 144 cm³/mol. The summed E-state index contributed by atoms with van der Waals surface area (Å²) in [5.41, 5.74) is 2.99. The number of rotatable bonds is 9. The van der Waals surface area contributed by atoms with Gasteiger partial charge in [0.25, 0.3) is 11.7 Å². The van der Waals surface area contributed by atoms with E-state index in [1.54, 1.807) is 30.6 Å². The van der Waals surface area contributed by atoms with Crippen LogP contribution in [0.3, 0.4) is 0 Å². The summed E-state index contributed by atoms with van der Waals surface area (Å²) in [7, 11) is 0. The maximum Gasteiger partial charge on any atom is 0.295 e. The van der Waals surface area contributed by atoms with Crippen molar-refractivity contribution < 1.29 is 24.2 Å². The van der Waals surface area contributed by atoms with Crippen LogP contribution in [0, 0.1) is 0 Å². The molecule has 2 atom stereocenters. The Kier molecular flexibility index (Phi) is 7.45. The highest BCUT2D eigenvalue weighted by Gasteiger charge is 2.46. The zero-order valence-electron chi connectivity index (χ0n) is 21.7. The molecule has 3 aromatic rings. The fourth-order valence-electron chi connectivity index (χ4n) is 5.12. The molecule has 1 saturated heterocycles. The number of Topliss-reactive ketones (excluding diaryl/α,β-unsaturated/α-hetero) is 1. The molecular weight excluding hydrogens is 480 g/mol. The quantitative estimate of drug-likeness (QED) is 0.174. The van der Waals surface area contributed by atoms with E-state index in [0.717, 1.165) is 36.1 Å². The molecule has 0 radical (unpaired) electrons. The Morgan fingerprint density at radius 3 is 2.79 bits per heavy atom. The molecule has 1 N–H and O–H groups in total. The highest BCUT2D eigenvalue weighted by Crippen LogP contribution is 2.42. The molecule has 1 amide bonds. The van der Waals surface area contributed by atoms with Gasteiger partial charge in [-0.1, -0.05) is 38.0 Å². The topological polar surface area (TPSA) is 89.0 Å². The molecule has 0 aliphatic carbocycles. The number of nitrogens with zero attached hydrogens (tertiary/aromatic N) is 2. The fraction of sp³-hybridized carbons (Fsp3) is 0.323. The predicted octanol–water partition coefficient (Wildman–Crippen LogP) is 5.60. The van der Waals surface area contributed by atoms with Crippen LogP contribution in [0.2, 0.25) is 0 Å². The first-order valence-corrected chi connectivity index (χ1v) is 13.2. The van der Waals surface area contributed by atoms with E-state index in [1.807, 2.05) is 43.3 Å². The first kappa shape index (κ1) is 25.5. The Labute approximate surface area is 222 Å². The van der Waals surface area contributed by atoms with Gasteiger partial charge in [0.15, 0.2) is 0 Å². The summed E-state index contributed by atoms with van der Waals surface area (Å²) in [6, 6.07) is 15.7. The number of pyridine rings is 1. The summed E-state index contributed by atoms with van der Waals surface area (Å²) in [5, 5.41) is 11.5. The second-order valence-corrected chi connectivity index (χ2v) is 9.87. The van der Waals surface area contributed by atoms with Crippen molar-refractivity contribution in [3.8, 4) is 11.5 Å². The van der Waals surface area contributed by atoms with Gasteiger partial charge in [0, 0.05) is 30.9 Å². The summed E-state index contributed by atoms with van der Waals surface area (Å²) in [6.07, 6.45) is 7.22. The van der Waals surface area contributed by atoms with Gasteiger partial charge in [0.1, 0.15) is 23.4 Å². The number of amides is 1. The summed E-state index contributed by atoms with van der Waals surface area (Å²) >= 11 is 0. The van der Waals surface area contributed by atoms with Crippen molar-refractivity contribution >= 4 is 17.4 Å². The normalized spacial score (nSPS) is 19.9. The minimum Gasteiger partial charge on any atom is -0.507 e. The largest absolute Gasteiger partial charge is 0.507 e. The Hall–Kier alpha value is -4.13. The molecule has 0 saturated carbocycles. The van der Waals surface area contributed by atoms with Gasteiger partial charge in [-0.05, 0) is 66.4 Å². The van der Waals surface area contributed by atoms with E-state index in [2.05, 4.69) is 11.9 Å². The van der Waals surface area contributed by atoms with Crippen LogP contribution in [0.5, 0.6) is 11.5 Å². The lowest BCUT2D eigenvalue weighted by Crippen LogP contribution is -2.29. The molecule has 0 bridgehead atoms. The van der Waals surface area contributed by atoms with Crippen LogP contribution >= 0.6 is 0 Å². The highest BCUT2D eigenvalue weighted by molar-refractivity contribution is 6.46. The summed E-state index contributed by atoms with van der Waals surface area (Å²) in [5.74, 6) is -0.132. The van der Waals surface area contributed by atoms with E-state index in [4.69, 9.17) is 9.47 Å². The van der Waals surface area contributed by atoms with Crippen molar-refractivity contribution in [2.75, 3.05) is 6.61 Å². The number of carbonyl (C=O) groups is 2. The number of likely N-dealkylation sites (tertiary alicyclic amines) is 1. The maximum absolute atomic E-state index is 13.4. The molecule has 196 valence electrons. The first-order valence-electron chi connectivity index (χ1n) is 13.2. The van der Waals surface area contributed by atoms with Gasteiger partial charge in [-0.25, -0.2) is 0 Å².